The normalized spacial score (nSPS) is 17.1. The van der Waals surface area contributed by atoms with Gasteiger partial charge in [0, 0.05) is 19.2 Å². The van der Waals surface area contributed by atoms with Crippen molar-refractivity contribution in [2.45, 2.75) is 32.2 Å². The van der Waals surface area contributed by atoms with Crippen molar-refractivity contribution in [3.8, 4) is 11.5 Å². The number of fused-ring (bicyclic) bond motifs is 1. The van der Waals surface area contributed by atoms with E-state index >= 15 is 0 Å². The van der Waals surface area contributed by atoms with E-state index in [1.165, 1.54) is 0 Å². The van der Waals surface area contributed by atoms with Crippen LogP contribution in [0.2, 0.25) is 0 Å². The van der Waals surface area contributed by atoms with Crippen molar-refractivity contribution in [3.05, 3.63) is 89.5 Å². The fourth-order valence-electron chi connectivity index (χ4n) is 5.41. The Hall–Kier alpha value is -3.35. The van der Waals surface area contributed by atoms with Crippen molar-refractivity contribution < 1.29 is 14.3 Å². The Morgan fingerprint density at radius 2 is 1.56 bits per heavy atom. The zero-order valence-electron chi connectivity index (χ0n) is 22.0. The van der Waals surface area contributed by atoms with Crippen LogP contribution in [-0.2, 0) is 16.8 Å². The molecule has 6 nitrogen and oxygen atoms in total. The molecule has 36 heavy (non-hydrogen) atoms. The lowest BCUT2D eigenvalue weighted by Crippen LogP contribution is -2.49. The molecular formula is C30H37N3O3. The minimum atomic E-state index is -0.757. The number of ether oxygens (including phenoxy) is 2. The van der Waals surface area contributed by atoms with Crippen LogP contribution in [0.25, 0.3) is 0 Å². The minimum Gasteiger partial charge on any atom is -0.493 e. The van der Waals surface area contributed by atoms with Crippen molar-refractivity contribution in [1.82, 2.24) is 9.91 Å². The number of methoxy groups -OCH3 is 2. The van der Waals surface area contributed by atoms with Gasteiger partial charge in [0.15, 0.2) is 11.5 Å². The van der Waals surface area contributed by atoms with Gasteiger partial charge >= 0.3 is 0 Å². The first-order valence-corrected chi connectivity index (χ1v) is 12.6. The highest BCUT2D eigenvalue weighted by Gasteiger charge is 2.53. The highest BCUT2D eigenvalue weighted by atomic mass is 16.5. The summed E-state index contributed by atoms with van der Waals surface area (Å²) in [5.41, 5.74) is 3.20. The smallest absolute Gasteiger partial charge is 0.256 e. The van der Waals surface area contributed by atoms with E-state index in [2.05, 4.69) is 43.0 Å². The lowest BCUT2D eigenvalue weighted by atomic mass is 9.72. The SMILES string of the molecule is CCN(CC)CCC1(c2ccccc2)C(=O)N(N(C)Cc2cccc(OC)c2OC)c2ccccc21. The molecule has 1 amide bonds. The van der Waals surface area contributed by atoms with Crippen molar-refractivity contribution in [3.63, 3.8) is 0 Å². The lowest BCUT2D eigenvalue weighted by Gasteiger charge is -2.34. The molecule has 1 aliphatic rings. The van der Waals surface area contributed by atoms with Gasteiger partial charge in [-0.05, 0) is 49.3 Å². The van der Waals surface area contributed by atoms with Crippen LogP contribution < -0.4 is 14.5 Å². The maximum atomic E-state index is 14.6. The van der Waals surface area contributed by atoms with E-state index < -0.39 is 5.41 Å². The first-order chi connectivity index (χ1) is 17.5. The molecule has 1 heterocycles. The lowest BCUT2D eigenvalue weighted by molar-refractivity contribution is -0.125. The number of hydrazine groups is 1. The topological polar surface area (TPSA) is 45.3 Å². The maximum Gasteiger partial charge on any atom is 0.256 e. The molecule has 190 valence electrons. The second-order valence-corrected chi connectivity index (χ2v) is 9.15. The molecule has 1 aliphatic heterocycles. The molecule has 0 aliphatic carbocycles. The van der Waals surface area contributed by atoms with Gasteiger partial charge < -0.3 is 14.4 Å². The van der Waals surface area contributed by atoms with Crippen molar-refractivity contribution in [2.24, 2.45) is 0 Å². The summed E-state index contributed by atoms with van der Waals surface area (Å²) in [5, 5.41) is 3.84. The van der Waals surface area contributed by atoms with Crippen LogP contribution in [-0.4, -0.2) is 56.7 Å². The molecule has 3 aromatic rings. The molecular weight excluding hydrogens is 450 g/mol. The number of rotatable bonds is 11. The zero-order chi connectivity index (χ0) is 25.7. The number of carbonyl (C=O) groups is 1. The summed E-state index contributed by atoms with van der Waals surface area (Å²) in [6, 6.07) is 24.3. The number of carbonyl (C=O) groups excluding carboxylic acids is 1. The van der Waals surface area contributed by atoms with Crippen LogP contribution in [0.3, 0.4) is 0 Å². The van der Waals surface area contributed by atoms with Gasteiger partial charge in [-0.15, -0.1) is 0 Å². The number of anilines is 1. The molecule has 1 atom stereocenters. The van der Waals surface area contributed by atoms with Crippen LogP contribution in [0.15, 0.2) is 72.8 Å². The van der Waals surface area contributed by atoms with Crippen LogP contribution in [0.5, 0.6) is 11.5 Å². The number of para-hydroxylation sites is 2. The van der Waals surface area contributed by atoms with Crippen molar-refractivity contribution >= 4 is 11.6 Å². The Balaban J connectivity index is 1.78. The quantitative estimate of drug-likeness (QED) is 0.376. The highest BCUT2D eigenvalue weighted by molar-refractivity contribution is 6.09. The van der Waals surface area contributed by atoms with E-state index in [-0.39, 0.29) is 5.91 Å². The summed E-state index contributed by atoms with van der Waals surface area (Å²) in [7, 11) is 5.24. The largest absolute Gasteiger partial charge is 0.493 e. The molecule has 0 aromatic heterocycles. The standard InChI is InChI=1S/C30H37N3O3/c1-6-32(7-2)21-20-30(24-15-9-8-10-16-24)25-17-11-12-18-26(25)33(29(30)34)31(3)22-23-14-13-19-27(35-4)28(23)36-5/h8-19H,6-7,20-22H2,1-5H3. The summed E-state index contributed by atoms with van der Waals surface area (Å²) in [5.74, 6) is 1.43. The van der Waals surface area contributed by atoms with Gasteiger partial charge in [-0.25, -0.2) is 10.0 Å². The van der Waals surface area contributed by atoms with E-state index in [0.717, 1.165) is 42.0 Å². The number of nitrogens with zero attached hydrogens (tertiary/aromatic N) is 3. The van der Waals surface area contributed by atoms with Gasteiger partial charge in [-0.1, -0.05) is 74.5 Å². The highest BCUT2D eigenvalue weighted by Crippen LogP contribution is 2.49. The summed E-state index contributed by atoms with van der Waals surface area (Å²) < 4.78 is 11.2. The van der Waals surface area contributed by atoms with E-state index in [4.69, 9.17) is 9.47 Å². The van der Waals surface area contributed by atoms with Crippen molar-refractivity contribution in [2.75, 3.05) is 45.9 Å². The van der Waals surface area contributed by atoms with Gasteiger partial charge in [-0.3, -0.25) is 4.79 Å². The second kappa shape index (κ2) is 11.1. The van der Waals surface area contributed by atoms with Gasteiger partial charge in [0.05, 0.1) is 19.9 Å². The van der Waals surface area contributed by atoms with Gasteiger partial charge in [0.2, 0.25) is 0 Å². The number of amides is 1. The Morgan fingerprint density at radius 3 is 2.22 bits per heavy atom. The van der Waals surface area contributed by atoms with Gasteiger partial charge in [-0.2, -0.15) is 0 Å². The summed E-state index contributed by atoms with van der Waals surface area (Å²) in [4.78, 5) is 17.0. The summed E-state index contributed by atoms with van der Waals surface area (Å²) in [6.07, 6.45) is 0.710. The summed E-state index contributed by atoms with van der Waals surface area (Å²) >= 11 is 0. The Labute approximate surface area is 215 Å². The van der Waals surface area contributed by atoms with Crippen molar-refractivity contribution in [1.29, 1.82) is 0 Å². The predicted molar refractivity (Wildman–Crippen MR) is 145 cm³/mol. The maximum absolute atomic E-state index is 14.6. The fourth-order valence-corrected chi connectivity index (χ4v) is 5.41. The monoisotopic (exact) mass is 487 g/mol. The number of hydrogen-bond acceptors (Lipinski definition) is 5. The first kappa shape index (κ1) is 25.7. The molecule has 6 heteroatoms. The molecule has 0 saturated carbocycles. The third-order valence-corrected chi connectivity index (χ3v) is 7.34. The fraction of sp³-hybridized carbons (Fsp3) is 0.367. The molecule has 0 radical (unpaired) electrons. The van der Waals surface area contributed by atoms with E-state index in [0.29, 0.717) is 24.5 Å². The minimum absolute atomic E-state index is 0.0754. The first-order valence-electron chi connectivity index (χ1n) is 12.6. The zero-order valence-corrected chi connectivity index (χ0v) is 22.0. The van der Waals surface area contributed by atoms with Crippen LogP contribution in [0.1, 0.15) is 37.0 Å². The second-order valence-electron chi connectivity index (χ2n) is 9.15. The molecule has 1 unspecified atom stereocenters. The Morgan fingerprint density at radius 1 is 0.861 bits per heavy atom. The molecule has 0 bridgehead atoms. The Kier molecular flexibility index (Phi) is 7.97. The van der Waals surface area contributed by atoms with Crippen LogP contribution in [0.4, 0.5) is 5.69 Å². The third-order valence-electron chi connectivity index (χ3n) is 7.34. The molecule has 0 spiro atoms. The van der Waals surface area contributed by atoms with Gasteiger partial charge in [0.25, 0.3) is 5.91 Å². The molecule has 3 aromatic carbocycles. The van der Waals surface area contributed by atoms with Crippen LogP contribution in [0, 0.1) is 0 Å². The van der Waals surface area contributed by atoms with E-state index in [1.807, 2.05) is 65.6 Å². The molecule has 0 fully saturated rings. The van der Waals surface area contributed by atoms with Gasteiger partial charge in [0.1, 0.15) is 5.41 Å². The molecule has 0 N–H and O–H groups in total. The number of benzene rings is 3. The average Bonchev–Trinajstić information content (AvgIpc) is 3.17. The van der Waals surface area contributed by atoms with Crippen LogP contribution >= 0.6 is 0 Å². The Bertz CT molecular complexity index is 1180. The average molecular weight is 488 g/mol. The predicted octanol–water partition coefficient (Wildman–Crippen LogP) is 5.12. The third kappa shape index (κ3) is 4.47. The van der Waals surface area contributed by atoms with E-state index in [1.54, 1.807) is 14.2 Å². The molecule has 4 rings (SSSR count). The van der Waals surface area contributed by atoms with E-state index in [9.17, 15) is 4.79 Å². The summed E-state index contributed by atoms with van der Waals surface area (Å²) in [6.45, 7) is 7.58. The molecule has 0 saturated heterocycles. The number of hydrogen-bond donors (Lipinski definition) is 0.